The minimum Gasteiger partial charge on any atom is -0.334 e. The number of hydrogen-bond acceptors (Lipinski definition) is 4. The summed E-state index contributed by atoms with van der Waals surface area (Å²) in [4.78, 5) is 24.1. The molecule has 0 unspecified atom stereocenters. The van der Waals surface area contributed by atoms with Gasteiger partial charge in [-0.15, -0.1) is 6.58 Å². The van der Waals surface area contributed by atoms with E-state index in [2.05, 4.69) is 27.3 Å². The SMILES string of the molecule is C=CCNC(=O)Nc1ccc(NC(=O)c2ccc(S(=O)(=O)NC(C)(C)C)cc2)cc1. The van der Waals surface area contributed by atoms with Crippen LogP contribution in [-0.2, 0) is 10.0 Å². The van der Waals surface area contributed by atoms with E-state index < -0.39 is 15.6 Å². The number of carbonyl (C=O) groups is 2. The van der Waals surface area contributed by atoms with Crippen LogP contribution >= 0.6 is 0 Å². The van der Waals surface area contributed by atoms with Crippen molar-refractivity contribution in [3.05, 3.63) is 66.7 Å². The molecule has 0 heterocycles. The molecular weight excluding hydrogens is 404 g/mol. The van der Waals surface area contributed by atoms with Crippen LogP contribution < -0.4 is 20.7 Å². The summed E-state index contributed by atoms with van der Waals surface area (Å²) in [5.41, 5.74) is 0.803. The molecule has 9 heteroatoms. The molecule has 0 aliphatic rings. The fraction of sp³-hybridized carbons (Fsp3) is 0.238. The number of urea groups is 1. The highest BCUT2D eigenvalue weighted by atomic mass is 32.2. The number of benzene rings is 2. The smallest absolute Gasteiger partial charge is 0.319 e. The highest BCUT2D eigenvalue weighted by Crippen LogP contribution is 2.17. The molecule has 30 heavy (non-hydrogen) atoms. The first-order valence-corrected chi connectivity index (χ1v) is 10.7. The van der Waals surface area contributed by atoms with Crippen LogP contribution in [0.3, 0.4) is 0 Å². The van der Waals surface area contributed by atoms with Gasteiger partial charge in [-0.2, -0.15) is 0 Å². The van der Waals surface area contributed by atoms with Gasteiger partial charge < -0.3 is 16.0 Å². The molecular formula is C21H26N4O4S. The molecule has 0 fully saturated rings. The summed E-state index contributed by atoms with van der Waals surface area (Å²) in [6, 6.07) is 11.9. The summed E-state index contributed by atoms with van der Waals surface area (Å²) in [6.07, 6.45) is 1.57. The van der Waals surface area contributed by atoms with E-state index in [-0.39, 0.29) is 16.8 Å². The van der Waals surface area contributed by atoms with E-state index in [1.54, 1.807) is 51.1 Å². The van der Waals surface area contributed by atoms with Gasteiger partial charge in [0.2, 0.25) is 10.0 Å². The third-order valence-corrected chi connectivity index (χ3v) is 5.45. The Morgan fingerprint density at radius 3 is 1.97 bits per heavy atom. The molecule has 2 rings (SSSR count). The normalized spacial score (nSPS) is 11.4. The van der Waals surface area contributed by atoms with Gasteiger partial charge in [0, 0.05) is 29.0 Å². The van der Waals surface area contributed by atoms with E-state index in [0.717, 1.165) is 0 Å². The van der Waals surface area contributed by atoms with E-state index in [1.165, 1.54) is 24.3 Å². The fourth-order valence-electron chi connectivity index (χ4n) is 2.43. The molecule has 160 valence electrons. The summed E-state index contributed by atoms with van der Waals surface area (Å²) < 4.78 is 27.2. The average Bonchev–Trinajstić information content (AvgIpc) is 2.66. The van der Waals surface area contributed by atoms with Crippen molar-refractivity contribution in [2.75, 3.05) is 17.2 Å². The van der Waals surface area contributed by atoms with Crippen molar-refractivity contribution in [2.45, 2.75) is 31.2 Å². The van der Waals surface area contributed by atoms with Gasteiger partial charge in [0.25, 0.3) is 5.91 Å². The highest BCUT2D eigenvalue weighted by molar-refractivity contribution is 7.89. The molecule has 4 N–H and O–H groups in total. The molecule has 0 atom stereocenters. The van der Waals surface area contributed by atoms with E-state index in [1.807, 2.05) is 0 Å². The van der Waals surface area contributed by atoms with E-state index in [9.17, 15) is 18.0 Å². The van der Waals surface area contributed by atoms with Crippen LogP contribution in [0.2, 0.25) is 0 Å². The summed E-state index contributed by atoms with van der Waals surface area (Å²) in [5.74, 6) is -0.382. The van der Waals surface area contributed by atoms with Crippen molar-refractivity contribution in [1.29, 1.82) is 0 Å². The van der Waals surface area contributed by atoms with Crippen LogP contribution in [0.1, 0.15) is 31.1 Å². The lowest BCUT2D eigenvalue weighted by atomic mass is 10.1. The van der Waals surface area contributed by atoms with Gasteiger partial charge in [0.1, 0.15) is 0 Å². The second-order valence-electron chi connectivity index (χ2n) is 7.54. The van der Waals surface area contributed by atoms with Crippen LogP contribution in [0.25, 0.3) is 0 Å². The maximum absolute atomic E-state index is 12.4. The summed E-state index contributed by atoms with van der Waals surface area (Å²) >= 11 is 0. The predicted molar refractivity (Wildman–Crippen MR) is 118 cm³/mol. The molecule has 0 saturated carbocycles. The number of carbonyl (C=O) groups excluding carboxylic acids is 2. The number of rotatable bonds is 7. The van der Waals surface area contributed by atoms with Gasteiger partial charge in [0.05, 0.1) is 4.90 Å². The second kappa shape index (κ2) is 9.55. The zero-order chi connectivity index (χ0) is 22.4. The van der Waals surface area contributed by atoms with Crippen LogP contribution in [0.5, 0.6) is 0 Å². The van der Waals surface area contributed by atoms with Crippen LogP contribution in [-0.4, -0.2) is 32.4 Å². The maximum atomic E-state index is 12.4. The zero-order valence-corrected chi connectivity index (χ0v) is 18.0. The van der Waals surface area contributed by atoms with Gasteiger partial charge >= 0.3 is 6.03 Å². The number of amides is 3. The monoisotopic (exact) mass is 430 g/mol. The van der Waals surface area contributed by atoms with Crippen LogP contribution in [0.4, 0.5) is 16.2 Å². The Bertz CT molecular complexity index is 1010. The van der Waals surface area contributed by atoms with Crippen molar-refractivity contribution in [3.63, 3.8) is 0 Å². The number of nitrogens with one attached hydrogen (secondary N) is 4. The lowest BCUT2D eigenvalue weighted by molar-refractivity contribution is 0.102. The molecule has 3 amide bonds. The second-order valence-corrected chi connectivity index (χ2v) is 9.22. The average molecular weight is 431 g/mol. The summed E-state index contributed by atoms with van der Waals surface area (Å²) in [6.45, 7) is 9.12. The van der Waals surface area contributed by atoms with Crippen molar-refractivity contribution in [3.8, 4) is 0 Å². The van der Waals surface area contributed by atoms with Gasteiger partial charge in [0.15, 0.2) is 0 Å². The molecule has 0 aliphatic carbocycles. The third-order valence-electron chi connectivity index (χ3n) is 3.67. The number of anilines is 2. The minimum atomic E-state index is -3.67. The van der Waals surface area contributed by atoms with Gasteiger partial charge in [-0.3, -0.25) is 4.79 Å². The molecule has 0 saturated heterocycles. The maximum Gasteiger partial charge on any atom is 0.319 e. The first kappa shape index (κ1) is 23.1. The van der Waals surface area contributed by atoms with E-state index in [0.29, 0.717) is 23.5 Å². The Labute approximate surface area is 176 Å². The fourth-order valence-corrected chi connectivity index (χ4v) is 3.85. The third kappa shape index (κ3) is 7.02. The molecule has 0 aliphatic heterocycles. The standard InChI is InChI=1S/C21H26N4O4S/c1-5-14-22-20(27)24-17-10-8-16(9-11-17)23-19(26)15-6-12-18(13-7-15)30(28,29)25-21(2,3)4/h5-13,25H,1,14H2,2-4H3,(H,23,26)(H2,22,24,27). The molecule has 0 aromatic heterocycles. The van der Waals surface area contributed by atoms with Crippen molar-refractivity contribution in [1.82, 2.24) is 10.0 Å². The molecule has 0 spiro atoms. The molecule has 8 nitrogen and oxygen atoms in total. The Hall–Kier alpha value is -3.17. The van der Waals surface area contributed by atoms with E-state index >= 15 is 0 Å². The van der Waals surface area contributed by atoms with E-state index in [4.69, 9.17) is 0 Å². The highest BCUT2D eigenvalue weighted by Gasteiger charge is 2.22. The van der Waals surface area contributed by atoms with Crippen LogP contribution in [0, 0.1) is 0 Å². The first-order valence-electron chi connectivity index (χ1n) is 9.21. The Kier molecular flexibility index (Phi) is 7.36. The quantitative estimate of drug-likeness (QED) is 0.504. The van der Waals surface area contributed by atoms with Gasteiger partial charge in [-0.05, 0) is 69.3 Å². The number of hydrogen-bond donors (Lipinski definition) is 4. The largest absolute Gasteiger partial charge is 0.334 e. The summed E-state index contributed by atoms with van der Waals surface area (Å²) in [5, 5.41) is 7.97. The van der Waals surface area contributed by atoms with Crippen LogP contribution in [0.15, 0.2) is 66.1 Å². The topological polar surface area (TPSA) is 116 Å². The van der Waals surface area contributed by atoms with Crippen molar-refractivity contribution >= 4 is 33.3 Å². The molecule has 0 bridgehead atoms. The number of sulfonamides is 1. The zero-order valence-electron chi connectivity index (χ0n) is 17.2. The molecule has 2 aromatic carbocycles. The Morgan fingerprint density at radius 2 is 1.47 bits per heavy atom. The Balaban J connectivity index is 2.01. The van der Waals surface area contributed by atoms with Crippen molar-refractivity contribution in [2.24, 2.45) is 0 Å². The molecule has 0 radical (unpaired) electrons. The van der Waals surface area contributed by atoms with Gasteiger partial charge in [-0.25, -0.2) is 17.9 Å². The first-order chi connectivity index (χ1) is 14.0. The lowest BCUT2D eigenvalue weighted by Crippen LogP contribution is -2.40. The Morgan fingerprint density at radius 1 is 0.933 bits per heavy atom. The van der Waals surface area contributed by atoms with Crippen molar-refractivity contribution < 1.29 is 18.0 Å². The molecule has 2 aromatic rings. The lowest BCUT2D eigenvalue weighted by Gasteiger charge is -2.20. The summed E-state index contributed by atoms with van der Waals surface area (Å²) in [7, 11) is -3.67. The minimum absolute atomic E-state index is 0.0825. The predicted octanol–water partition coefficient (Wildman–Crippen LogP) is 3.32. The van der Waals surface area contributed by atoms with Gasteiger partial charge in [-0.1, -0.05) is 6.08 Å².